The maximum absolute atomic E-state index is 12.5. The van der Waals surface area contributed by atoms with Gasteiger partial charge in [0.1, 0.15) is 16.5 Å². The van der Waals surface area contributed by atoms with Gasteiger partial charge in [-0.25, -0.2) is 9.20 Å². The van der Waals surface area contributed by atoms with Crippen molar-refractivity contribution in [1.29, 1.82) is 0 Å². The van der Waals surface area contributed by atoms with Crippen molar-refractivity contribution in [2.75, 3.05) is 12.8 Å². The molecule has 2 aliphatic rings. The molecule has 1 aromatic carbocycles. The Morgan fingerprint density at radius 3 is 2.83 bits per heavy atom. The minimum atomic E-state index is -1.26. The van der Waals surface area contributed by atoms with Crippen molar-refractivity contribution in [1.82, 2.24) is 14.4 Å². The first-order chi connectivity index (χ1) is 14.3. The van der Waals surface area contributed by atoms with E-state index in [0.29, 0.717) is 22.6 Å². The second-order valence-electron chi connectivity index (χ2n) is 7.81. The molecule has 3 aromatic rings. The van der Waals surface area contributed by atoms with E-state index in [1.54, 1.807) is 7.05 Å². The maximum Gasteiger partial charge on any atom is 0.257 e. The van der Waals surface area contributed by atoms with Gasteiger partial charge in [0.05, 0.1) is 15.7 Å². The molecule has 1 fully saturated rings. The molecule has 3 heterocycles. The van der Waals surface area contributed by atoms with Crippen LogP contribution >= 0.6 is 22.9 Å². The van der Waals surface area contributed by atoms with Crippen molar-refractivity contribution in [3.05, 3.63) is 46.1 Å². The van der Waals surface area contributed by atoms with Crippen molar-refractivity contribution in [2.45, 2.75) is 31.2 Å². The number of nitrogens with two attached hydrogens (primary N) is 1. The van der Waals surface area contributed by atoms with Gasteiger partial charge in [-0.1, -0.05) is 28.9 Å². The SMILES string of the molecule is CN1C(N)=N[C@](C)(c2sc(-c3cccc(-c4nc(C5CC5)no4)c3)cc2Cl)CS1=O. The van der Waals surface area contributed by atoms with Crippen LogP contribution in [-0.4, -0.2) is 37.4 Å². The van der Waals surface area contributed by atoms with E-state index in [4.69, 9.17) is 21.9 Å². The highest BCUT2D eigenvalue weighted by molar-refractivity contribution is 7.83. The molecule has 5 rings (SSSR count). The third kappa shape index (κ3) is 3.44. The lowest BCUT2D eigenvalue weighted by Crippen LogP contribution is -2.47. The Kier molecular flexibility index (Phi) is 4.72. The van der Waals surface area contributed by atoms with Gasteiger partial charge in [-0.2, -0.15) is 4.98 Å². The van der Waals surface area contributed by atoms with Gasteiger partial charge in [0.25, 0.3) is 5.89 Å². The van der Waals surface area contributed by atoms with E-state index in [1.807, 2.05) is 37.3 Å². The Bertz CT molecular complexity index is 1190. The minimum absolute atomic E-state index is 0.248. The lowest BCUT2D eigenvalue weighted by molar-refractivity contribution is 0.422. The molecule has 0 radical (unpaired) electrons. The Morgan fingerprint density at radius 1 is 1.33 bits per heavy atom. The van der Waals surface area contributed by atoms with Gasteiger partial charge in [-0.15, -0.1) is 11.3 Å². The van der Waals surface area contributed by atoms with E-state index in [9.17, 15) is 4.21 Å². The van der Waals surface area contributed by atoms with E-state index in [-0.39, 0.29) is 5.96 Å². The maximum atomic E-state index is 12.5. The van der Waals surface area contributed by atoms with Gasteiger partial charge in [0, 0.05) is 23.4 Å². The lowest BCUT2D eigenvalue weighted by Gasteiger charge is -2.33. The molecular weight excluding hydrogens is 442 g/mol. The summed E-state index contributed by atoms with van der Waals surface area (Å²) in [6, 6.07) is 9.86. The zero-order valence-corrected chi connectivity index (χ0v) is 18.9. The fourth-order valence-corrected chi connectivity index (χ4v) is 6.31. The van der Waals surface area contributed by atoms with Crippen LogP contribution in [0.2, 0.25) is 5.02 Å². The van der Waals surface area contributed by atoms with Crippen LogP contribution in [0.15, 0.2) is 39.8 Å². The highest BCUT2D eigenvalue weighted by atomic mass is 35.5. The molecule has 2 N–H and O–H groups in total. The molecule has 0 bridgehead atoms. The van der Waals surface area contributed by atoms with Crippen LogP contribution in [0.3, 0.4) is 0 Å². The highest BCUT2D eigenvalue weighted by Crippen LogP contribution is 2.44. The Labute approximate surface area is 185 Å². The highest BCUT2D eigenvalue weighted by Gasteiger charge is 2.38. The average molecular weight is 462 g/mol. The number of halogens is 1. The minimum Gasteiger partial charge on any atom is -0.369 e. The molecule has 1 saturated carbocycles. The van der Waals surface area contributed by atoms with Crippen LogP contribution in [0.4, 0.5) is 0 Å². The normalized spacial score (nSPS) is 24.2. The summed E-state index contributed by atoms with van der Waals surface area (Å²) >= 11 is 8.13. The number of aromatic nitrogens is 2. The van der Waals surface area contributed by atoms with Gasteiger partial charge < -0.3 is 10.3 Å². The summed E-state index contributed by atoms with van der Waals surface area (Å²) < 4.78 is 19.4. The summed E-state index contributed by atoms with van der Waals surface area (Å²) in [6.45, 7) is 1.92. The summed E-state index contributed by atoms with van der Waals surface area (Å²) in [5.74, 6) is 2.33. The fourth-order valence-electron chi connectivity index (χ4n) is 3.46. The van der Waals surface area contributed by atoms with Gasteiger partial charge in [-0.3, -0.25) is 4.31 Å². The van der Waals surface area contributed by atoms with E-state index in [2.05, 4.69) is 15.1 Å². The molecule has 1 unspecified atom stereocenters. The van der Waals surface area contributed by atoms with Gasteiger partial charge in [-0.05, 0) is 43.5 Å². The summed E-state index contributed by atoms with van der Waals surface area (Å²) in [5, 5.41) is 4.69. The van der Waals surface area contributed by atoms with Crippen LogP contribution in [0.1, 0.15) is 36.4 Å². The van der Waals surface area contributed by atoms with Crippen molar-refractivity contribution >= 4 is 39.9 Å². The number of hydrogen-bond donors (Lipinski definition) is 1. The zero-order chi connectivity index (χ0) is 21.0. The number of guanidine groups is 1. The van der Waals surface area contributed by atoms with Gasteiger partial charge in [0.2, 0.25) is 5.96 Å². The van der Waals surface area contributed by atoms with Crippen molar-refractivity contribution in [3.8, 4) is 21.9 Å². The van der Waals surface area contributed by atoms with Crippen LogP contribution in [0.5, 0.6) is 0 Å². The molecule has 2 aromatic heterocycles. The molecule has 1 aliphatic heterocycles. The standard InChI is InChI=1S/C20H20ClN5O2S2/c1-20(10-30(27)26(2)19(22)24-20)16-14(21)9-15(29-16)12-4-3-5-13(8-12)18-23-17(25-28-18)11-6-7-11/h3-5,8-9,11H,6-7,10H2,1-2H3,(H2,22,24)/t20-,30?/m0/s1. The number of aliphatic imine (C=N–C) groups is 1. The molecule has 1 aliphatic carbocycles. The summed E-state index contributed by atoms with van der Waals surface area (Å²) in [4.78, 5) is 11.0. The third-order valence-corrected chi connectivity index (χ3v) is 8.80. The smallest absolute Gasteiger partial charge is 0.257 e. The molecule has 0 saturated heterocycles. The predicted molar refractivity (Wildman–Crippen MR) is 120 cm³/mol. The quantitative estimate of drug-likeness (QED) is 0.629. The largest absolute Gasteiger partial charge is 0.369 e. The lowest BCUT2D eigenvalue weighted by atomic mass is 10.0. The Hall–Kier alpha value is -2.23. The zero-order valence-electron chi connectivity index (χ0n) is 16.5. The van der Waals surface area contributed by atoms with Crippen LogP contribution in [0, 0.1) is 0 Å². The second-order valence-corrected chi connectivity index (χ2v) is 10.7. The molecule has 7 nitrogen and oxygen atoms in total. The number of thiophene rings is 1. The van der Waals surface area contributed by atoms with Crippen molar-refractivity contribution < 1.29 is 8.73 Å². The van der Waals surface area contributed by atoms with Crippen molar-refractivity contribution in [2.24, 2.45) is 10.7 Å². The third-order valence-electron chi connectivity index (χ3n) is 5.35. The number of benzene rings is 1. The monoisotopic (exact) mass is 461 g/mol. The molecule has 30 heavy (non-hydrogen) atoms. The molecule has 2 atom stereocenters. The van der Waals surface area contributed by atoms with Crippen LogP contribution < -0.4 is 5.73 Å². The first kappa shape index (κ1) is 19.7. The first-order valence-corrected chi connectivity index (χ1v) is 12.0. The molecule has 156 valence electrons. The topological polar surface area (TPSA) is 97.6 Å². The second kappa shape index (κ2) is 7.18. The van der Waals surface area contributed by atoms with Crippen LogP contribution in [0.25, 0.3) is 21.9 Å². The first-order valence-electron chi connectivity index (χ1n) is 9.56. The van der Waals surface area contributed by atoms with Crippen LogP contribution in [-0.2, 0) is 16.5 Å². The molecule has 10 heteroatoms. The van der Waals surface area contributed by atoms with Gasteiger partial charge in [0.15, 0.2) is 5.82 Å². The van der Waals surface area contributed by atoms with E-state index in [1.165, 1.54) is 15.6 Å². The summed E-state index contributed by atoms with van der Waals surface area (Å²) in [6.07, 6.45) is 2.25. The number of nitrogens with zero attached hydrogens (tertiary/aromatic N) is 4. The summed E-state index contributed by atoms with van der Waals surface area (Å²) in [7, 11) is 0.419. The fraction of sp³-hybridized carbons (Fsp3) is 0.350. The Balaban J connectivity index is 1.49. The Morgan fingerprint density at radius 2 is 2.10 bits per heavy atom. The molecule has 0 spiro atoms. The average Bonchev–Trinajstić information content (AvgIpc) is 3.30. The van der Waals surface area contributed by atoms with E-state index < -0.39 is 16.5 Å². The molecule has 0 amide bonds. The molecular formula is C20H20ClN5O2S2. The number of rotatable bonds is 4. The van der Waals surface area contributed by atoms with Crippen molar-refractivity contribution in [3.63, 3.8) is 0 Å². The summed E-state index contributed by atoms with van der Waals surface area (Å²) in [5.41, 5.74) is 7.11. The predicted octanol–water partition coefficient (Wildman–Crippen LogP) is 4.13. The van der Waals surface area contributed by atoms with E-state index >= 15 is 0 Å². The van der Waals surface area contributed by atoms with E-state index in [0.717, 1.165) is 39.5 Å². The number of hydrogen-bond acceptors (Lipinski definition) is 7. The van der Waals surface area contributed by atoms with Gasteiger partial charge >= 0.3 is 0 Å².